The second-order valence-electron chi connectivity index (χ2n) is 11.1. The summed E-state index contributed by atoms with van der Waals surface area (Å²) in [5.74, 6) is 0.164. The number of halogens is 1. The number of amides is 1. The van der Waals surface area contributed by atoms with Crippen LogP contribution in [0.5, 0.6) is 5.75 Å². The average molecular weight is 596 g/mol. The Hall–Kier alpha value is -5.10. The molecule has 0 aliphatic carbocycles. The maximum Gasteiger partial charge on any atom is 0.343 e. The van der Waals surface area contributed by atoms with Crippen molar-refractivity contribution in [2.45, 2.75) is 19.4 Å². The van der Waals surface area contributed by atoms with Gasteiger partial charge in [-0.05, 0) is 42.5 Å². The Morgan fingerprint density at radius 2 is 1.98 bits per heavy atom. The number of phenols is 1. The Morgan fingerprint density at radius 1 is 1.18 bits per heavy atom. The van der Waals surface area contributed by atoms with E-state index in [4.69, 9.17) is 9.52 Å². The number of anilines is 1. The van der Waals surface area contributed by atoms with Crippen molar-refractivity contribution in [1.82, 2.24) is 30.0 Å². The molecule has 2 aliphatic rings. The summed E-state index contributed by atoms with van der Waals surface area (Å²) < 4.78 is 22.1. The molecule has 1 unspecified atom stereocenters. The van der Waals surface area contributed by atoms with E-state index in [1.807, 2.05) is 30.0 Å². The van der Waals surface area contributed by atoms with Crippen LogP contribution in [-0.4, -0.2) is 68.9 Å². The van der Waals surface area contributed by atoms with Crippen LogP contribution in [0.1, 0.15) is 30.7 Å². The van der Waals surface area contributed by atoms with Crippen molar-refractivity contribution in [2.24, 2.45) is 5.92 Å². The minimum atomic E-state index is -0.637. The third-order valence-electron chi connectivity index (χ3n) is 8.47. The van der Waals surface area contributed by atoms with Gasteiger partial charge in [0.15, 0.2) is 5.65 Å². The molecule has 44 heavy (non-hydrogen) atoms. The van der Waals surface area contributed by atoms with E-state index in [1.54, 1.807) is 23.9 Å². The highest BCUT2D eigenvalue weighted by Crippen LogP contribution is 2.39. The maximum atomic E-state index is 14.4. The van der Waals surface area contributed by atoms with Crippen LogP contribution in [-0.2, 0) is 4.79 Å². The highest BCUT2D eigenvalue weighted by molar-refractivity contribution is 5.99. The molecule has 3 aromatic heterocycles. The molecule has 1 amide bonds. The van der Waals surface area contributed by atoms with Crippen LogP contribution < -0.4 is 16.3 Å². The molecule has 12 heteroatoms. The first-order valence-corrected chi connectivity index (χ1v) is 14.5. The third kappa shape index (κ3) is 4.58. The Labute approximate surface area is 251 Å². The molecule has 1 atom stereocenters. The fourth-order valence-corrected chi connectivity index (χ4v) is 6.12. The first-order chi connectivity index (χ1) is 21.3. The number of hydrogen-bond donors (Lipinski definition) is 3. The first-order valence-electron chi connectivity index (χ1n) is 14.5. The lowest BCUT2D eigenvalue weighted by molar-refractivity contribution is -0.136. The van der Waals surface area contributed by atoms with Gasteiger partial charge in [0.05, 0.1) is 16.7 Å². The summed E-state index contributed by atoms with van der Waals surface area (Å²) in [6.07, 6.45) is 4.02. The summed E-state index contributed by atoms with van der Waals surface area (Å²) in [5.41, 5.74) is 2.40. The van der Waals surface area contributed by atoms with Crippen LogP contribution in [0.4, 0.5) is 10.2 Å². The van der Waals surface area contributed by atoms with Gasteiger partial charge in [-0.3, -0.25) is 4.79 Å². The molecule has 5 heterocycles. The minimum Gasteiger partial charge on any atom is -0.508 e. The molecular weight excluding hydrogens is 565 g/mol. The second-order valence-corrected chi connectivity index (χ2v) is 11.1. The van der Waals surface area contributed by atoms with Crippen molar-refractivity contribution in [3.05, 3.63) is 82.4 Å². The van der Waals surface area contributed by atoms with E-state index in [9.17, 15) is 19.1 Å². The topological polar surface area (TPSA) is 138 Å². The summed E-state index contributed by atoms with van der Waals surface area (Å²) in [7, 11) is 1.71. The summed E-state index contributed by atoms with van der Waals surface area (Å²) in [4.78, 5) is 37.0. The van der Waals surface area contributed by atoms with E-state index in [2.05, 4.69) is 20.6 Å². The van der Waals surface area contributed by atoms with Gasteiger partial charge in [-0.25, -0.2) is 23.8 Å². The van der Waals surface area contributed by atoms with Crippen LogP contribution in [0.3, 0.4) is 0 Å². The molecule has 2 aliphatic heterocycles. The molecule has 0 spiro atoms. The number of aromatic nitrogens is 4. The summed E-state index contributed by atoms with van der Waals surface area (Å²) >= 11 is 0. The fourth-order valence-electron chi connectivity index (χ4n) is 6.12. The predicted octanol–water partition coefficient (Wildman–Crippen LogP) is 3.93. The van der Waals surface area contributed by atoms with Gasteiger partial charge < -0.3 is 25.1 Å². The van der Waals surface area contributed by atoms with Crippen molar-refractivity contribution in [3.63, 3.8) is 0 Å². The van der Waals surface area contributed by atoms with Crippen molar-refractivity contribution in [2.75, 3.05) is 38.5 Å². The van der Waals surface area contributed by atoms with Gasteiger partial charge in [-0.1, -0.05) is 24.3 Å². The standard InChI is InChI=1S/C32H30FN7O4/c1-17(40-30-26(29(34-2)36-16-37-30)27(38-40)19-11-21(33)13-22(41)12-19)28-25(23-5-3-4-6-24(23)32(43)44-28)18-7-9-39(10-8-18)31(42)20-14-35-15-20/h3-7,11-13,16-17,20,35,41H,8-10,14-15H2,1-2H3,(H,34,36,37). The highest BCUT2D eigenvalue weighted by Gasteiger charge is 2.32. The summed E-state index contributed by atoms with van der Waals surface area (Å²) in [6.45, 7) is 4.29. The number of rotatable bonds is 6. The highest BCUT2D eigenvalue weighted by atomic mass is 19.1. The Bertz CT molecular complexity index is 2010. The lowest BCUT2D eigenvalue weighted by atomic mass is 9.91. The molecule has 1 saturated heterocycles. The first kappa shape index (κ1) is 27.7. The van der Waals surface area contributed by atoms with Gasteiger partial charge >= 0.3 is 5.63 Å². The number of carbonyl (C=O) groups excluding carboxylic acids is 1. The van der Waals surface area contributed by atoms with Crippen LogP contribution in [0.2, 0.25) is 0 Å². The summed E-state index contributed by atoms with van der Waals surface area (Å²) in [6, 6.07) is 10.4. The minimum absolute atomic E-state index is 0.0166. The average Bonchev–Trinajstić information content (AvgIpc) is 3.40. The van der Waals surface area contributed by atoms with E-state index in [0.717, 1.165) is 22.6 Å². The van der Waals surface area contributed by atoms with E-state index >= 15 is 0 Å². The molecule has 7 rings (SSSR count). The van der Waals surface area contributed by atoms with Gasteiger partial charge in [0.1, 0.15) is 41.2 Å². The van der Waals surface area contributed by atoms with Gasteiger partial charge in [-0.2, -0.15) is 5.10 Å². The van der Waals surface area contributed by atoms with Gasteiger partial charge in [0, 0.05) is 50.4 Å². The zero-order chi connectivity index (χ0) is 30.5. The normalized spacial score (nSPS) is 16.2. The van der Waals surface area contributed by atoms with E-state index < -0.39 is 17.5 Å². The Balaban J connectivity index is 1.40. The zero-order valence-corrected chi connectivity index (χ0v) is 24.2. The molecule has 224 valence electrons. The number of fused-ring (bicyclic) bond motifs is 2. The number of carbonyl (C=O) groups is 1. The maximum absolute atomic E-state index is 14.4. The second kappa shape index (κ2) is 10.9. The number of nitrogens with one attached hydrogen (secondary N) is 2. The quantitative estimate of drug-likeness (QED) is 0.267. The molecule has 0 radical (unpaired) electrons. The zero-order valence-electron chi connectivity index (χ0n) is 24.2. The molecule has 3 N–H and O–H groups in total. The van der Waals surface area contributed by atoms with E-state index in [1.165, 1.54) is 18.5 Å². The molecule has 11 nitrogen and oxygen atoms in total. The molecule has 0 saturated carbocycles. The SMILES string of the molecule is CNc1ncnc2c1c(-c1cc(O)cc(F)c1)nn2C(C)c1oc(=O)c2ccccc2c1C1=CCN(C(=O)C2CNC2)CC1. The van der Waals surface area contributed by atoms with Gasteiger partial charge in [0.25, 0.3) is 0 Å². The third-order valence-corrected chi connectivity index (χ3v) is 8.47. The number of benzene rings is 2. The van der Waals surface area contributed by atoms with Crippen molar-refractivity contribution in [3.8, 4) is 17.0 Å². The lowest BCUT2D eigenvalue weighted by Crippen LogP contribution is -2.52. The van der Waals surface area contributed by atoms with Crippen molar-refractivity contribution >= 4 is 39.1 Å². The van der Waals surface area contributed by atoms with E-state index in [0.29, 0.717) is 71.9 Å². The van der Waals surface area contributed by atoms with E-state index in [-0.39, 0.29) is 17.6 Å². The number of hydrogen-bond acceptors (Lipinski definition) is 9. The van der Waals surface area contributed by atoms with Crippen LogP contribution in [0.25, 0.3) is 38.6 Å². The number of aromatic hydroxyl groups is 1. The van der Waals surface area contributed by atoms with Gasteiger partial charge in [0.2, 0.25) is 5.91 Å². The molecule has 5 aromatic rings. The molecule has 0 bridgehead atoms. The van der Waals surface area contributed by atoms with Crippen LogP contribution in [0, 0.1) is 11.7 Å². The summed E-state index contributed by atoms with van der Waals surface area (Å²) in [5, 5.41) is 22.9. The predicted molar refractivity (Wildman–Crippen MR) is 164 cm³/mol. The molecule has 2 aromatic carbocycles. The largest absolute Gasteiger partial charge is 0.508 e. The number of nitrogens with zero attached hydrogens (tertiary/aromatic N) is 5. The lowest BCUT2D eigenvalue weighted by Gasteiger charge is -2.34. The molecular formula is C32H30FN7O4. The number of phenolic OH excluding ortho intramolecular Hbond substituents is 1. The molecule has 1 fully saturated rings. The fraction of sp³-hybridized carbons (Fsp3) is 0.281. The van der Waals surface area contributed by atoms with Crippen LogP contribution in [0.15, 0.2) is 64.1 Å². The smallest absolute Gasteiger partial charge is 0.343 e. The van der Waals surface area contributed by atoms with Gasteiger partial charge in [-0.15, -0.1) is 0 Å². The van der Waals surface area contributed by atoms with Crippen LogP contribution >= 0.6 is 0 Å². The Morgan fingerprint density at radius 3 is 2.66 bits per heavy atom. The van der Waals surface area contributed by atoms with Crippen molar-refractivity contribution in [1.29, 1.82) is 0 Å². The monoisotopic (exact) mass is 595 g/mol. The van der Waals surface area contributed by atoms with Crippen molar-refractivity contribution < 1.29 is 18.7 Å². The Kier molecular flexibility index (Phi) is 6.85.